The van der Waals surface area contributed by atoms with Crippen LogP contribution in [0.15, 0.2) is 26.0 Å². The molecule has 0 spiro atoms. The summed E-state index contributed by atoms with van der Waals surface area (Å²) in [5.41, 5.74) is 3.40. The van der Waals surface area contributed by atoms with Gasteiger partial charge in [-0.1, -0.05) is 0 Å². The molecule has 0 aliphatic rings. The van der Waals surface area contributed by atoms with E-state index in [1.54, 1.807) is 13.2 Å². The molecule has 0 saturated carbocycles. The van der Waals surface area contributed by atoms with Crippen molar-refractivity contribution in [2.45, 2.75) is 40.0 Å². The van der Waals surface area contributed by atoms with Crippen LogP contribution in [0.1, 0.15) is 35.1 Å². The Balaban J connectivity index is 1.96. The molecule has 7 heteroatoms. The lowest BCUT2D eigenvalue weighted by Gasteiger charge is -2.10. The summed E-state index contributed by atoms with van der Waals surface area (Å²) in [5.74, 6) is -1.27. The minimum Gasteiger partial charge on any atom is -0.481 e. The third-order valence-electron chi connectivity index (χ3n) is 4.69. The van der Waals surface area contributed by atoms with Gasteiger partial charge in [-0.05, 0) is 49.9 Å². The van der Waals surface area contributed by atoms with Gasteiger partial charge in [-0.25, -0.2) is 4.79 Å². The maximum atomic E-state index is 12.4. The van der Waals surface area contributed by atoms with E-state index in [0.717, 1.165) is 16.5 Å². The van der Waals surface area contributed by atoms with E-state index in [0.29, 0.717) is 28.5 Å². The fraction of sp³-hybridized carbons (Fsp3) is 0.350. The van der Waals surface area contributed by atoms with E-state index < -0.39 is 11.6 Å². The monoisotopic (exact) mass is 371 g/mol. The molecule has 0 aliphatic heterocycles. The second kappa shape index (κ2) is 7.26. The molecule has 2 N–H and O–H groups in total. The van der Waals surface area contributed by atoms with Crippen molar-refractivity contribution < 1.29 is 23.5 Å². The van der Waals surface area contributed by atoms with Gasteiger partial charge in [-0.15, -0.1) is 0 Å². The molecule has 7 nitrogen and oxygen atoms in total. The van der Waals surface area contributed by atoms with Crippen molar-refractivity contribution in [1.82, 2.24) is 5.32 Å². The molecule has 0 atom stereocenters. The Kier molecular flexibility index (Phi) is 5.03. The van der Waals surface area contributed by atoms with E-state index in [4.69, 9.17) is 13.9 Å². The zero-order valence-electron chi connectivity index (χ0n) is 15.5. The minimum atomic E-state index is -0.914. The number of carboxylic acids is 1. The molecule has 142 valence electrons. The van der Waals surface area contributed by atoms with Gasteiger partial charge in [0.2, 0.25) is 5.91 Å². The average molecular weight is 371 g/mol. The maximum Gasteiger partial charge on any atom is 0.340 e. The van der Waals surface area contributed by atoms with Crippen LogP contribution in [0, 0.1) is 20.8 Å². The Hall–Kier alpha value is -3.09. The van der Waals surface area contributed by atoms with Crippen molar-refractivity contribution in [3.63, 3.8) is 0 Å². The van der Waals surface area contributed by atoms with E-state index in [-0.39, 0.29) is 30.9 Å². The van der Waals surface area contributed by atoms with Gasteiger partial charge in [-0.3, -0.25) is 9.59 Å². The first-order chi connectivity index (χ1) is 12.8. The second-order valence-electron chi connectivity index (χ2n) is 6.71. The minimum absolute atomic E-state index is 0.0212. The number of benzene rings is 1. The number of nitrogens with one attached hydrogen (secondary N) is 1. The molecule has 0 unspecified atom stereocenters. The second-order valence-corrected chi connectivity index (χ2v) is 6.71. The summed E-state index contributed by atoms with van der Waals surface area (Å²) in [5, 5.41) is 12.9. The van der Waals surface area contributed by atoms with Crippen LogP contribution in [-0.4, -0.2) is 23.5 Å². The van der Waals surface area contributed by atoms with Crippen molar-refractivity contribution in [3.8, 4) is 0 Å². The third kappa shape index (κ3) is 3.58. The van der Waals surface area contributed by atoms with Gasteiger partial charge in [0, 0.05) is 18.4 Å². The highest BCUT2D eigenvalue weighted by Crippen LogP contribution is 2.34. The summed E-state index contributed by atoms with van der Waals surface area (Å²) in [7, 11) is 0. The third-order valence-corrected chi connectivity index (χ3v) is 4.69. The van der Waals surface area contributed by atoms with E-state index in [2.05, 4.69) is 5.32 Å². The molecule has 0 aliphatic carbocycles. The van der Waals surface area contributed by atoms with E-state index in [1.807, 2.05) is 19.9 Å². The Bertz CT molecular complexity index is 1110. The lowest BCUT2D eigenvalue weighted by molar-refractivity contribution is -0.137. The number of furan rings is 1. The van der Waals surface area contributed by atoms with Crippen LogP contribution in [0.25, 0.3) is 21.9 Å². The molecule has 0 saturated heterocycles. The molecule has 2 heterocycles. The first-order valence-corrected chi connectivity index (χ1v) is 8.71. The zero-order chi connectivity index (χ0) is 19.7. The fourth-order valence-electron chi connectivity index (χ4n) is 3.37. The summed E-state index contributed by atoms with van der Waals surface area (Å²) in [6.07, 6.45) is 1.84. The number of rotatable bonds is 6. The van der Waals surface area contributed by atoms with Crippen molar-refractivity contribution in [1.29, 1.82) is 0 Å². The predicted molar refractivity (Wildman–Crippen MR) is 100 cm³/mol. The normalized spacial score (nSPS) is 11.2. The zero-order valence-corrected chi connectivity index (χ0v) is 15.5. The van der Waals surface area contributed by atoms with Gasteiger partial charge in [0.25, 0.3) is 0 Å². The Morgan fingerprint density at radius 1 is 1.15 bits per heavy atom. The number of carboxylic acid groups (broad SMARTS) is 1. The first-order valence-electron chi connectivity index (χ1n) is 8.71. The smallest absolute Gasteiger partial charge is 0.340 e. The van der Waals surface area contributed by atoms with Gasteiger partial charge in [-0.2, -0.15) is 0 Å². The largest absolute Gasteiger partial charge is 0.481 e. The standard InChI is InChI=1S/C20H21NO6/c1-10-7-14-18(19-17(10)11(2)9-26-19)12(3)13(20(25)27-14)8-15(22)21-6-4-5-16(23)24/h7,9H,4-6,8H2,1-3H3,(H,21,22)(H,23,24). The molecule has 3 rings (SSSR count). The van der Waals surface area contributed by atoms with Crippen molar-refractivity contribution >= 4 is 33.8 Å². The van der Waals surface area contributed by atoms with Crippen LogP contribution in [0.3, 0.4) is 0 Å². The van der Waals surface area contributed by atoms with Crippen LogP contribution in [-0.2, 0) is 16.0 Å². The molecule has 0 bridgehead atoms. The average Bonchev–Trinajstić information content (AvgIpc) is 2.97. The summed E-state index contributed by atoms with van der Waals surface area (Å²) < 4.78 is 11.2. The van der Waals surface area contributed by atoms with Gasteiger partial charge < -0.3 is 19.3 Å². The predicted octanol–water partition coefficient (Wildman–Crippen LogP) is 2.99. The van der Waals surface area contributed by atoms with Crippen molar-refractivity contribution in [2.75, 3.05) is 6.54 Å². The first kappa shape index (κ1) is 18.7. The Morgan fingerprint density at radius 2 is 1.89 bits per heavy atom. The summed E-state index contributed by atoms with van der Waals surface area (Å²) in [4.78, 5) is 35.1. The van der Waals surface area contributed by atoms with Gasteiger partial charge >= 0.3 is 11.6 Å². The van der Waals surface area contributed by atoms with Crippen molar-refractivity contribution in [2.24, 2.45) is 0 Å². The summed E-state index contributed by atoms with van der Waals surface area (Å²) >= 11 is 0. The van der Waals surface area contributed by atoms with E-state index in [1.165, 1.54) is 0 Å². The number of hydrogen-bond donors (Lipinski definition) is 2. The van der Waals surface area contributed by atoms with Crippen LogP contribution >= 0.6 is 0 Å². The highest BCUT2D eigenvalue weighted by atomic mass is 16.4. The molecule has 3 aromatic rings. The number of fused-ring (bicyclic) bond motifs is 3. The maximum absolute atomic E-state index is 12.4. The van der Waals surface area contributed by atoms with Crippen LogP contribution < -0.4 is 10.9 Å². The number of carbonyl (C=O) groups is 2. The van der Waals surface area contributed by atoms with Gasteiger partial charge in [0.1, 0.15) is 11.2 Å². The molecule has 1 amide bonds. The number of aliphatic carboxylic acids is 1. The molecule has 27 heavy (non-hydrogen) atoms. The van der Waals surface area contributed by atoms with Crippen LogP contribution in [0.5, 0.6) is 0 Å². The van der Waals surface area contributed by atoms with Gasteiger partial charge in [0.15, 0.2) is 0 Å². The van der Waals surface area contributed by atoms with Crippen molar-refractivity contribution in [3.05, 3.63) is 45.0 Å². The summed E-state index contributed by atoms with van der Waals surface area (Å²) in [6, 6.07) is 1.81. The molecular weight excluding hydrogens is 350 g/mol. The van der Waals surface area contributed by atoms with E-state index >= 15 is 0 Å². The number of aryl methyl sites for hydroxylation is 3. The van der Waals surface area contributed by atoms with Crippen LogP contribution in [0.4, 0.5) is 0 Å². The highest BCUT2D eigenvalue weighted by molar-refractivity contribution is 6.07. The van der Waals surface area contributed by atoms with Gasteiger partial charge in [0.05, 0.1) is 23.6 Å². The lowest BCUT2D eigenvalue weighted by Crippen LogP contribution is -2.28. The molecule has 0 fully saturated rings. The molecule has 0 radical (unpaired) electrons. The van der Waals surface area contributed by atoms with E-state index in [9.17, 15) is 14.4 Å². The molecule has 2 aromatic heterocycles. The summed E-state index contributed by atoms with van der Waals surface area (Å²) in [6.45, 7) is 5.89. The number of hydrogen-bond acceptors (Lipinski definition) is 5. The fourth-order valence-corrected chi connectivity index (χ4v) is 3.37. The molecular formula is C20H21NO6. The molecule has 1 aromatic carbocycles. The Morgan fingerprint density at radius 3 is 2.59 bits per heavy atom. The van der Waals surface area contributed by atoms with Crippen LogP contribution in [0.2, 0.25) is 0 Å². The number of amides is 1. The Labute approximate surface area is 155 Å². The SMILES string of the molecule is Cc1coc2c1c(C)cc1oc(=O)c(CC(=O)NCCCC(=O)O)c(C)c12. The number of carbonyl (C=O) groups excluding carboxylic acids is 1. The lowest BCUT2D eigenvalue weighted by atomic mass is 9.99. The topological polar surface area (TPSA) is 110 Å². The quantitative estimate of drug-likeness (QED) is 0.509. The highest BCUT2D eigenvalue weighted by Gasteiger charge is 2.19.